The monoisotopic (exact) mass is 807 g/mol. The maximum Gasteiger partial charge on any atom is 0.140 e. The van der Waals surface area contributed by atoms with E-state index in [-0.39, 0.29) is 10.8 Å². The molecule has 1 aromatic heterocycles. The molecule has 2 heteroatoms. The first kappa shape index (κ1) is 36.3. The van der Waals surface area contributed by atoms with Crippen LogP contribution in [0.2, 0.25) is 0 Å². The first-order valence-corrected chi connectivity index (χ1v) is 22.3. The van der Waals surface area contributed by atoms with Crippen molar-refractivity contribution < 1.29 is 4.42 Å². The molecule has 0 fully saturated rings. The summed E-state index contributed by atoms with van der Waals surface area (Å²) in [6.07, 6.45) is 0. The lowest BCUT2D eigenvalue weighted by Gasteiger charge is -2.35. The number of fused-ring (bicyclic) bond motifs is 12. The van der Waals surface area contributed by atoms with Gasteiger partial charge >= 0.3 is 0 Å². The highest BCUT2D eigenvalue weighted by Crippen LogP contribution is 2.59. The Kier molecular flexibility index (Phi) is 7.37. The van der Waals surface area contributed by atoms with Crippen molar-refractivity contribution in [1.82, 2.24) is 0 Å². The molecule has 0 saturated carbocycles. The maximum absolute atomic E-state index is 7.15. The van der Waals surface area contributed by atoms with Crippen LogP contribution in [0.4, 0.5) is 17.1 Å². The predicted octanol–water partition coefficient (Wildman–Crippen LogP) is 16.0. The van der Waals surface area contributed by atoms with Gasteiger partial charge in [-0.05, 0) is 115 Å². The fourth-order valence-corrected chi connectivity index (χ4v) is 12.0. The second-order valence-corrected chi connectivity index (χ2v) is 18.8. The largest absolute Gasteiger partial charge is 0.456 e. The van der Waals surface area contributed by atoms with Gasteiger partial charge in [0.2, 0.25) is 0 Å². The van der Waals surface area contributed by atoms with E-state index in [1.807, 2.05) is 0 Å². The average molecular weight is 808 g/mol. The number of hydrogen-bond acceptors (Lipinski definition) is 2. The van der Waals surface area contributed by atoms with Gasteiger partial charge in [0.1, 0.15) is 11.2 Å². The fourth-order valence-electron chi connectivity index (χ4n) is 12.0. The second-order valence-electron chi connectivity index (χ2n) is 18.8. The zero-order chi connectivity index (χ0) is 42.2. The molecule has 3 aliphatic rings. The van der Waals surface area contributed by atoms with E-state index in [0.717, 1.165) is 44.6 Å². The molecule has 0 radical (unpaired) electrons. The van der Waals surface area contributed by atoms with Crippen LogP contribution in [0.25, 0.3) is 55.3 Å². The van der Waals surface area contributed by atoms with Gasteiger partial charge < -0.3 is 9.32 Å². The van der Waals surface area contributed by atoms with Gasteiger partial charge in [0.05, 0.1) is 5.41 Å². The molecular formula is C61H45NO. The van der Waals surface area contributed by atoms with Crippen LogP contribution in [-0.4, -0.2) is 0 Å². The second kappa shape index (κ2) is 12.8. The van der Waals surface area contributed by atoms with E-state index in [1.165, 1.54) is 72.3 Å². The molecule has 13 rings (SSSR count). The molecule has 3 aliphatic carbocycles. The standard InChI is InChI=1S/C61H45NO/c1-59(2)50-25-13-8-20-42(50)46-32-30-39(35-54(46)59)62(40-31-33-47-43-21-9-14-26-51(43)60(3,4)55(47)36-40)41-34-49-48-24-12-17-29-57(48)63-58(49)56(37-41)61(38-18-6-5-7-19-38)52-27-15-10-22-44(52)45-23-11-16-28-53(45)61/h5-37H,1-4H3. The minimum Gasteiger partial charge on any atom is -0.456 e. The molecule has 0 saturated heterocycles. The molecule has 1 heterocycles. The van der Waals surface area contributed by atoms with E-state index in [1.54, 1.807) is 0 Å². The normalized spacial score (nSPS) is 15.4. The third kappa shape index (κ3) is 4.79. The van der Waals surface area contributed by atoms with Gasteiger partial charge in [-0.15, -0.1) is 0 Å². The van der Waals surface area contributed by atoms with Crippen molar-refractivity contribution in [3.05, 3.63) is 245 Å². The van der Waals surface area contributed by atoms with Gasteiger partial charge in [0.25, 0.3) is 0 Å². The Bertz CT molecular complexity index is 3380. The zero-order valence-electron chi connectivity index (χ0n) is 35.9. The Morgan fingerprint density at radius 1 is 0.333 bits per heavy atom. The summed E-state index contributed by atoms with van der Waals surface area (Å²) in [7, 11) is 0. The van der Waals surface area contributed by atoms with E-state index in [4.69, 9.17) is 4.42 Å². The van der Waals surface area contributed by atoms with Gasteiger partial charge in [-0.25, -0.2) is 0 Å². The van der Waals surface area contributed by atoms with Crippen LogP contribution in [0.15, 0.2) is 205 Å². The number of nitrogens with zero attached hydrogens (tertiary/aromatic N) is 1. The van der Waals surface area contributed by atoms with E-state index in [0.29, 0.717) is 0 Å². The van der Waals surface area contributed by atoms with E-state index >= 15 is 0 Å². The highest BCUT2D eigenvalue weighted by Gasteiger charge is 2.48. The minimum atomic E-state index is -0.675. The van der Waals surface area contributed by atoms with Gasteiger partial charge in [-0.2, -0.15) is 0 Å². The third-order valence-corrected chi connectivity index (χ3v) is 14.9. The number of rotatable bonds is 5. The van der Waals surface area contributed by atoms with Gasteiger partial charge in [0.15, 0.2) is 0 Å². The lowest BCUT2D eigenvalue weighted by molar-refractivity contribution is 0.648. The van der Waals surface area contributed by atoms with Crippen LogP contribution >= 0.6 is 0 Å². The third-order valence-electron chi connectivity index (χ3n) is 14.9. The van der Waals surface area contributed by atoms with E-state index < -0.39 is 5.41 Å². The average Bonchev–Trinajstić information content (AvgIpc) is 3.99. The summed E-state index contributed by atoms with van der Waals surface area (Å²) in [5, 5.41) is 2.21. The Hall–Kier alpha value is -7.42. The number of benzene rings is 9. The van der Waals surface area contributed by atoms with Crippen LogP contribution in [-0.2, 0) is 16.2 Å². The highest BCUT2D eigenvalue weighted by atomic mass is 16.3. The quantitative estimate of drug-likeness (QED) is 0.172. The molecule has 0 N–H and O–H groups in total. The van der Waals surface area contributed by atoms with Crippen molar-refractivity contribution in [3.8, 4) is 33.4 Å². The van der Waals surface area contributed by atoms with Crippen molar-refractivity contribution >= 4 is 39.0 Å². The van der Waals surface area contributed by atoms with E-state index in [9.17, 15) is 0 Å². The van der Waals surface area contributed by atoms with Crippen molar-refractivity contribution in [3.63, 3.8) is 0 Å². The molecule has 0 bridgehead atoms. The van der Waals surface area contributed by atoms with Crippen LogP contribution in [0.5, 0.6) is 0 Å². The smallest absolute Gasteiger partial charge is 0.140 e. The van der Waals surface area contributed by atoms with Crippen molar-refractivity contribution in [1.29, 1.82) is 0 Å². The summed E-state index contributed by atoms with van der Waals surface area (Å²) in [5.41, 5.74) is 22.2. The first-order valence-electron chi connectivity index (χ1n) is 22.3. The van der Waals surface area contributed by atoms with Crippen LogP contribution in [0.1, 0.15) is 72.2 Å². The predicted molar refractivity (Wildman–Crippen MR) is 261 cm³/mol. The lowest BCUT2D eigenvalue weighted by Crippen LogP contribution is -2.29. The van der Waals surface area contributed by atoms with E-state index in [2.05, 4.69) is 233 Å². The molecule has 300 valence electrons. The Morgan fingerprint density at radius 2 is 0.762 bits per heavy atom. The topological polar surface area (TPSA) is 16.4 Å². The van der Waals surface area contributed by atoms with Gasteiger partial charge in [-0.3, -0.25) is 0 Å². The first-order chi connectivity index (χ1) is 30.8. The molecule has 0 aliphatic heterocycles. The minimum absolute atomic E-state index is 0.167. The summed E-state index contributed by atoms with van der Waals surface area (Å²) in [6.45, 7) is 9.51. The number of hydrogen-bond donors (Lipinski definition) is 0. The zero-order valence-corrected chi connectivity index (χ0v) is 35.9. The van der Waals surface area contributed by atoms with Crippen molar-refractivity contribution in [2.45, 2.75) is 43.9 Å². The Morgan fingerprint density at radius 3 is 1.32 bits per heavy atom. The summed E-state index contributed by atoms with van der Waals surface area (Å²) in [6, 6.07) is 74.7. The summed E-state index contributed by atoms with van der Waals surface area (Å²) in [5.74, 6) is 0. The molecule has 9 aromatic carbocycles. The molecule has 0 amide bonds. The number of anilines is 3. The number of furan rings is 1. The molecule has 63 heavy (non-hydrogen) atoms. The van der Waals surface area contributed by atoms with Gasteiger partial charge in [0, 0.05) is 44.2 Å². The fraction of sp³-hybridized carbons (Fsp3) is 0.115. The van der Waals surface area contributed by atoms with Crippen LogP contribution < -0.4 is 4.90 Å². The van der Waals surface area contributed by atoms with Crippen molar-refractivity contribution in [2.75, 3.05) is 4.90 Å². The molecule has 0 unspecified atom stereocenters. The van der Waals surface area contributed by atoms with Crippen LogP contribution in [0, 0.1) is 0 Å². The maximum atomic E-state index is 7.15. The molecule has 10 aromatic rings. The summed E-state index contributed by atoms with van der Waals surface area (Å²) in [4.78, 5) is 2.52. The summed E-state index contributed by atoms with van der Waals surface area (Å²) < 4.78 is 7.15. The van der Waals surface area contributed by atoms with Gasteiger partial charge in [-0.1, -0.05) is 185 Å². The summed E-state index contributed by atoms with van der Waals surface area (Å²) >= 11 is 0. The molecular weight excluding hydrogens is 763 g/mol. The van der Waals surface area contributed by atoms with Crippen LogP contribution in [0.3, 0.4) is 0 Å². The Balaban J connectivity index is 1.15. The molecule has 0 spiro atoms. The lowest BCUT2D eigenvalue weighted by atomic mass is 9.67. The number of para-hydroxylation sites is 1. The molecule has 0 atom stereocenters. The van der Waals surface area contributed by atoms with Crippen molar-refractivity contribution in [2.24, 2.45) is 0 Å². The SMILES string of the molecule is CC1(C)c2ccccc2-c2ccc(N(c3ccc4c(c3)C(C)(C)c3ccccc3-4)c3cc(C4(c5ccccc5)c5ccccc5-c5ccccc54)c4oc5ccccc5c4c3)cc21. The highest BCUT2D eigenvalue weighted by molar-refractivity contribution is 6.09. The molecule has 2 nitrogen and oxygen atoms in total. The Labute approximate surface area is 368 Å².